The van der Waals surface area contributed by atoms with Gasteiger partial charge in [0.05, 0.1) is 18.3 Å². The molecular formula is C17H21N5O. The molecule has 1 aliphatic carbocycles. The number of rotatable bonds is 3. The summed E-state index contributed by atoms with van der Waals surface area (Å²) in [6, 6.07) is 3.92. The molecule has 2 aliphatic rings. The van der Waals surface area contributed by atoms with Gasteiger partial charge in [0, 0.05) is 24.5 Å². The van der Waals surface area contributed by atoms with Crippen LogP contribution in [-0.2, 0) is 19.4 Å². The summed E-state index contributed by atoms with van der Waals surface area (Å²) in [5, 5.41) is 4.60. The monoisotopic (exact) mass is 311 g/mol. The fourth-order valence-electron chi connectivity index (χ4n) is 3.63. The van der Waals surface area contributed by atoms with E-state index in [1.54, 1.807) is 16.9 Å². The van der Waals surface area contributed by atoms with E-state index in [1.165, 1.54) is 0 Å². The largest absolute Gasteiger partial charge is 0.336 e. The summed E-state index contributed by atoms with van der Waals surface area (Å²) in [7, 11) is 0. The SMILES string of the molecule is Cc1ccnc(N2CCCC2Cn2nc3c(cc2=O)CCC3)n1. The highest BCUT2D eigenvalue weighted by Crippen LogP contribution is 2.23. The summed E-state index contributed by atoms with van der Waals surface area (Å²) >= 11 is 0. The maximum atomic E-state index is 12.3. The molecule has 0 aromatic carbocycles. The van der Waals surface area contributed by atoms with Crippen molar-refractivity contribution in [2.24, 2.45) is 0 Å². The van der Waals surface area contributed by atoms with Crippen LogP contribution in [0.25, 0.3) is 0 Å². The molecule has 23 heavy (non-hydrogen) atoms. The van der Waals surface area contributed by atoms with E-state index in [0.29, 0.717) is 6.54 Å². The zero-order chi connectivity index (χ0) is 15.8. The van der Waals surface area contributed by atoms with E-state index in [4.69, 9.17) is 0 Å². The van der Waals surface area contributed by atoms with Crippen LogP contribution in [0.1, 0.15) is 36.2 Å². The van der Waals surface area contributed by atoms with Crippen molar-refractivity contribution in [3.05, 3.63) is 45.6 Å². The predicted molar refractivity (Wildman–Crippen MR) is 87.7 cm³/mol. The Morgan fingerprint density at radius 2 is 2.22 bits per heavy atom. The van der Waals surface area contributed by atoms with Crippen LogP contribution in [0.3, 0.4) is 0 Å². The molecule has 2 aromatic heterocycles. The van der Waals surface area contributed by atoms with Crippen molar-refractivity contribution in [1.29, 1.82) is 0 Å². The molecule has 0 N–H and O–H groups in total. The first-order valence-electron chi connectivity index (χ1n) is 8.37. The molecule has 0 bridgehead atoms. The summed E-state index contributed by atoms with van der Waals surface area (Å²) in [5.74, 6) is 0.765. The third-order valence-electron chi connectivity index (χ3n) is 4.82. The summed E-state index contributed by atoms with van der Waals surface area (Å²) in [6.45, 7) is 3.53. The second-order valence-corrected chi connectivity index (χ2v) is 6.48. The Kier molecular flexibility index (Phi) is 3.59. The molecule has 2 aromatic rings. The van der Waals surface area contributed by atoms with Crippen LogP contribution in [0.2, 0.25) is 0 Å². The smallest absolute Gasteiger partial charge is 0.267 e. The van der Waals surface area contributed by atoms with E-state index in [9.17, 15) is 4.79 Å². The number of anilines is 1. The number of hydrogen-bond donors (Lipinski definition) is 0. The van der Waals surface area contributed by atoms with Crippen molar-refractivity contribution in [1.82, 2.24) is 19.7 Å². The minimum Gasteiger partial charge on any atom is -0.336 e. The molecule has 0 amide bonds. The van der Waals surface area contributed by atoms with Crippen molar-refractivity contribution in [2.75, 3.05) is 11.4 Å². The highest BCUT2D eigenvalue weighted by molar-refractivity contribution is 5.33. The first-order chi connectivity index (χ1) is 11.2. The van der Waals surface area contributed by atoms with Gasteiger partial charge in [0.15, 0.2) is 0 Å². The molecule has 4 rings (SSSR count). The molecule has 1 aliphatic heterocycles. The van der Waals surface area contributed by atoms with E-state index < -0.39 is 0 Å². The lowest BCUT2D eigenvalue weighted by atomic mass is 10.2. The molecular weight excluding hydrogens is 290 g/mol. The van der Waals surface area contributed by atoms with Crippen LogP contribution in [0.15, 0.2) is 23.1 Å². The lowest BCUT2D eigenvalue weighted by Gasteiger charge is -2.25. The predicted octanol–water partition coefficient (Wildman–Crippen LogP) is 1.50. The van der Waals surface area contributed by atoms with Gasteiger partial charge in [0.25, 0.3) is 5.56 Å². The third kappa shape index (κ3) is 2.73. The van der Waals surface area contributed by atoms with Crippen LogP contribution in [0.4, 0.5) is 5.95 Å². The van der Waals surface area contributed by atoms with Gasteiger partial charge in [0.1, 0.15) is 0 Å². The summed E-state index contributed by atoms with van der Waals surface area (Å²) in [4.78, 5) is 23.5. The normalized spacial score (nSPS) is 20.0. The van der Waals surface area contributed by atoms with Crippen LogP contribution in [-0.4, -0.2) is 32.3 Å². The Bertz CT molecular complexity index is 785. The molecule has 1 unspecified atom stereocenters. The fourth-order valence-corrected chi connectivity index (χ4v) is 3.63. The number of fused-ring (bicyclic) bond motifs is 1. The van der Waals surface area contributed by atoms with Crippen molar-refractivity contribution in [2.45, 2.75) is 51.6 Å². The molecule has 3 heterocycles. The molecule has 1 saturated heterocycles. The Morgan fingerprint density at radius 3 is 3.09 bits per heavy atom. The summed E-state index contributed by atoms with van der Waals surface area (Å²) in [6.07, 6.45) is 7.03. The van der Waals surface area contributed by atoms with Gasteiger partial charge >= 0.3 is 0 Å². The lowest BCUT2D eigenvalue weighted by Crippen LogP contribution is -2.38. The molecule has 1 atom stereocenters. The lowest BCUT2D eigenvalue weighted by molar-refractivity contribution is 0.479. The Balaban J connectivity index is 1.60. The average Bonchev–Trinajstić information content (AvgIpc) is 3.16. The van der Waals surface area contributed by atoms with Gasteiger partial charge in [-0.1, -0.05) is 0 Å². The van der Waals surface area contributed by atoms with E-state index >= 15 is 0 Å². The van der Waals surface area contributed by atoms with Gasteiger partial charge in [-0.3, -0.25) is 4.79 Å². The van der Waals surface area contributed by atoms with Gasteiger partial charge in [-0.25, -0.2) is 14.6 Å². The number of nitrogens with zero attached hydrogens (tertiary/aromatic N) is 5. The maximum absolute atomic E-state index is 12.3. The summed E-state index contributed by atoms with van der Waals surface area (Å²) < 4.78 is 1.64. The second-order valence-electron chi connectivity index (χ2n) is 6.48. The molecule has 6 heteroatoms. The topological polar surface area (TPSA) is 63.9 Å². The van der Waals surface area contributed by atoms with Gasteiger partial charge in [0.2, 0.25) is 5.95 Å². The highest BCUT2D eigenvalue weighted by Gasteiger charge is 2.28. The molecule has 6 nitrogen and oxygen atoms in total. The first-order valence-corrected chi connectivity index (χ1v) is 8.37. The number of hydrogen-bond acceptors (Lipinski definition) is 5. The zero-order valence-electron chi connectivity index (χ0n) is 13.4. The van der Waals surface area contributed by atoms with E-state index in [-0.39, 0.29) is 11.6 Å². The van der Waals surface area contributed by atoms with E-state index in [2.05, 4.69) is 20.0 Å². The van der Waals surface area contributed by atoms with Gasteiger partial charge in [-0.05, 0) is 50.7 Å². The van der Waals surface area contributed by atoms with Gasteiger partial charge in [-0.15, -0.1) is 0 Å². The number of aromatic nitrogens is 4. The fraction of sp³-hybridized carbons (Fsp3) is 0.529. The maximum Gasteiger partial charge on any atom is 0.267 e. The molecule has 0 radical (unpaired) electrons. The standard InChI is InChI=1S/C17H21N5O/c1-12-7-8-18-17(19-12)21-9-3-5-14(21)11-22-16(23)10-13-4-2-6-15(13)20-22/h7-8,10,14H,2-6,9,11H2,1H3. The van der Waals surface area contributed by atoms with Crippen molar-refractivity contribution >= 4 is 5.95 Å². The molecule has 120 valence electrons. The Morgan fingerprint density at radius 1 is 1.30 bits per heavy atom. The van der Waals surface area contributed by atoms with Crippen molar-refractivity contribution < 1.29 is 0 Å². The van der Waals surface area contributed by atoms with Gasteiger partial charge in [-0.2, -0.15) is 5.10 Å². The molecule has 1 fully saturated rings. The van der Waals surface area contributed by atoms with E-state index in [0.717, 1.165) is 61.5 Å². The second kappa shape index (κ2) is 5.76. The first kappa shape index (κ1) is 14.4. The van der Waals surface area contributed by atoms with Crippen LogP contribution < -0.4 is 10.5 Å². The quantitative estimate of drug-likeness (QED) is 0.859. The van der Waals surface area contributed by atoms with Crippen LogP contribution in [0.5, 0.6) is 0 Å². The molecule has 0 saturated carbocycles. The van der Waals surface area contributed by atoms with E-state index in [1.807, 2.05) is 13.0 Å². The zero-order valence-corrected chi connectivity index (χ0v) is 13.4. The van der Waals surface area contributed by atoms with Crippen LogP contribution in [0, 0.1) is 6.92 Å². The van der Waals surface area contributed by atoms with Crippen LogP contribution >= 0.6 is 0 Å². The minimum absolute atomic E-state index is 0.0164. The molecule has 0 spiro atoms. The average molecular weight is 311 g/mol. The summed E-state index contributed by atoms with van der Waals surface area (Å²) in [5.41, 5.74) is 3.22. The Labute approximate surface area is 135 Å². The Hall–Kier alpha value is -2.24. The van der Waals surface area contributed by atoms with Crippen molar-refractivity contribution in [3.8, 4) is 0 Å². The highest BCUT2D eigenvalue weighted by atomic mass is 16.1. The van der Waals surface area contributed by atoms with Gasteiger partial charge < -0.3 is 4.90 Å². The minimum atomic E-state index is 0.0164. The third-order valence-corrected chi connectivity index (χ3v) is 4.82. The van der Waals surface area contributed by atoms with Crippen molar-refractivity contribution in [3.63, 3.8) is 0 Å². The number of aryl methyl sites for hydroxylation is 3.